The molecule has 0 aliphatic carbocycles. The minimum atomic E-state index is -1.23. The number of hydrazone groups is 1. The Labute approximate surface area is 226 Å². The number of ether oxygens (including phenoxy) is 1. The van der Waals surface area contributed by atoms with E-state index < -0.39 is 34.6 Å². The van der Waals surface area contributed by atoms with Crippen LogP contribution in [0, 0.1) is 11.6 Å². The predicted molar refractivity (Wildman–Crippen MR) is 144 cm³/mol. The van der Waals surface area contributed by atoms with Crippen LogP contribution in [0.3, 0.4) is 0 Å². The monoisotopic (exact) mass is 550 g/mol. The van der Waals surface area contributed by atoms with Gasteiger partial charge < -0.3 is 20.3 Å². The van der Waals surface area contributed by atoms with Gasteiger partial charge in [-0.2, -0.15) is 5.10 Å². The minimum absolute atomic E-state index is 0.00472. The molecule has 2 atom stereocenters. The Morgan fingerprint density at radius 2 is 1.92 bits per heavy atom. The van der Waals surface area contributed by atoms with Crippen LogP contribution >= 0.6 is 11.8 Å². The summed E-state index contributed by atoms with van der Waals surface area (Å²) in [5, 5.41) is 29.8. The maximum absolute atomic E-state index is 14.8. The molecule has 1 heterocycles. The molecule has 0 saturated carbocycles. The second-order valence-electron chi connectivity index (χ2n) is 10.1. The molecule has 0 spiro atoms. The molecule has 1 aliphatic rings. The molecule has 8 nitrogen and oxygen atoms in total. The molecule has 208 valence electrons. The molecule has 2 aromatic rings. The number of aliphatic hydroxyl groups excluding tert-OH is 2. The lowest BCUT2D eigenvalue weighted by atomic mass is 10.00. The summed E-state index contributed by atoms with van der Waals surface area (Å²) in [6, 6.07) is 12.5. The topological polar surface area (TPSA) is 97.6 Å². The fraction of sp³-hybridized carbons (Fsp3) is 0.481. The van der Waals surface area contributed by atoms with E-state index in [2.05, 4.69) is 10.4 Å². The summed E-state index contributed by atoms with van der Waals surface area (Å²) >= 11 is 1.22. The highest BCUT2D eigenvalue weighted by Gasteiger charge is 2.49. The predicted octanol–water partition coefficient (Wildman–Crippen LogP) is 4.42. The van der Waals surface area contributed by atoms with Gasteiger partial charge in [-0.05, 0) is 70.8 Å². The number of carbonyl (C=O) groups excluding carboxylic acids is 1. The maximum atomic E-state index is 14.8. The third-order valence-electron chi connectivity index (χ3n) is 5.86. The normalized spacial score (nSPS) is 18.4. The van der Waals surface area contributed by atoms with E-state index in [9.17, 15) is 23.8 Å². The van der Waals surface area contributed by atoms with E-state index >= 15 is 0 Å². The number of benzene rings is 2. The van der Waals surface area contributed by atoms with Crippen molar-refractivity contribution < 1.29 is 28.5 Å². The number of nitrogens with zero attached hydrogens (tertiary/aromatic N) is 3. The van der Waals surface area contributed by atoms with E-state index in [0.29, 0.717) is 25.8 Å². The van der Waals surface area contributed by atoms with Crippen LogP contribution in [-0.2, 0) is 9.61 Å². The van der Waals surface area contributed by atoms with Crippen LogP contribution in [0.1, 0.15) is 51.2 Å². The Morgan fingerprint density at radius 1 is 1.21 bits per heavy atom. The third kappa shape index (κ3) is 7.43. The van der Waals surface area contributed by atoms with Crippen LogP contribution in [-0.4, -0.2) is 70.0 Å². The molecule has 1 aliphatic heterocycles. The maximum Gasteiger partial charge on any atom is 0.407 e. The van der Waals surface area contributed by atoms with E-state index in [4.69, 9.17) is 4.74 Å². The van der Waals surface area contributed by atoms with Crippen LogP contribution in [0.2, 0.25) is 0 Å². The van der Waals surface area contributed by atoms with Gasteiger partial charge in [0.05, 0.1) is 0 Å². The lowest BCUT2D eigenvalue weighted by molar-refractivity contribution is -0.129. The number of thioether (sulfide) groups is 1. The van der Waals surface area contributed by atoms with Crippen molar-refractivity contribution in [1.29, 1.82) is 0 Å². The number of aliphatic hydroxyl groups is 2. The van der Waals surface area contributed by atoms with Crippen molar-refractivity contribution in [3.63, 3.8) is 0 Å². The van der Waals surface area contributed by atoms with Gasteiger partial charge in [0, 0.05) is 25.3 Å². The number of amides is 1. The summed E-state index contributed by atoms with van der Waals surface area (Å²) in [6.45, 7) is 5.96. The number of hydrogen-bond donors (Lipinski definition) is 3. The number of hydrogen-bond acceptors (Lipinski definition) is 8. The number of rotatable bonds is 11. The Bertz CT molecular complexity index is 1120. The van der Waals surface area contributed by atoms with Gasteiger partial charge in [-0.25, -0.2) is 18.6 Å². The second-order valence-corrected chi connectivity index (χ2v) is 11.3. The lowest BCUT2D eigenvalue weighted by Gasteiger charge is -2.42. The van der Waals surface area contributed by atoms with Gasteiger partial charge in [0.15, 0.2) is 0 Å². The lowest BCUT2D eigenvalue weighted by Crippen LogP contribution is -2.51. The molecule has 3 N–H and O–H groups in total. The summed E-state index contributed by atoms with van der Waals surface area (Å²) in [7, 11) is 1.70. The van der Waals surface area contributed by atoms with Gasteiger partial charge in [-0.3, -0.25) is 4.90 Å². The summed E-state index contributed by atoms with van der Waals surface area (Å²) in [5.41, 5.74) is 0.163. The second kappa shape index (κ2) is 12.9. The minimum Gasteiger partial charge on any atom is -0.444 e. The van der Waals surface area contributed by atoms with Crippen LogP contribution in [0.4, 0.5) is 13.6 Å². The zero-order valence-electron chi connectivity index (χ0n) is 22.2. The number of alkyl carbamates (subject to hydrolysis) is 1. The molecule has 11 heteroatoms. The Hall–Kier alpha value is -2.73. The molecule has 0 fully saturated rings. The molecule has 3 rings (SSSR count). The molecule has 1 amide bonds. The van der Waals surface area contributed by atoms with E-state index in [1.807, 2.05) is 30.3 Å². The first-order valence-corrected chi connectivity index (χ1v) is 13.3. The molecule has 0 radical (unpaired) electrons. The van der Waals surface area contributed by atoms with Crippen molar-refractivity contribution in [2.24, 2.45) is 5.10 Å². The molecule has 0 aromatic heterocycles. The number of carbonyl (C=O) groups is 1. The highest BCUT2D eigenvalue weighted by Crippen LogP contribution is 2.51. The van der Waals surface area contributed by atoms with E-state index in [1.165, 1.54) is 16.8 Å². The molecule has 0 bridgehead atoms. The van der Waals surface area contributed by atoms with Crippen molar-refractivity contribution in [3.8, 4) is 0 Å². The summed E-state index contributed by atoms with van der Waals surface area (Å²) < 4.78 is 34.2. The zero-order valence-corrected chi connectivity index (χ0v) is 23.0. The average molecular weight is 551 g/mol. The van der Waals surface area contributed by atoms with E-state index in [-0.39, 0.29) is 23.8 Å². The number of halogens is 2. The zero-order chi connectivity index (χ0) is 27.9. The van der Waals surface area contributed by atoms with Gasteiger partial charge in [0.1, 0.15) is 27.2 Å². The van der Waals surface area contributed by atoms with Crippen molar-refractivity contribution in [2.45, 2.75) is 56.9 Å². The highest BCUT2D eigenvalue weighted by molar-refractivity contribution is 8.15. The van der Waals surface area contributed by atoms with Crippen LogP contribution in [0.5, 0.6) is 0 Å². The average Bonchev–Trinajstić information content (AvgIpc) is 3.26. The quantitative estimate of drug-likeness (QED) is 0.281. The van der Waals surface area contributed by atoms with Gasteiger partial charge in [-0.15, -0.1) is 0 Å². The fourth-order valence-electron chi connectivity index (χ4n) is 4.07. The highest BCUT2D eigenvalue weighted by atomic mass is 32.2. The standard InChI is InChI=1S/C27H36F2N4O4S/c1-26(2,3)37-24(35)30-15-8-14-27(19-10-6-5-7-11-19)33(25(36)32(4)16-9-17-34)31-23(38-27)21-18-20(28)12-13-22(21)29/h5-7,10-13,18,25,34,36H,8-9,14-17H2,1-4H3,(H,30,35)/t25?,27-/m0/s1. The van der Waals surface area contributed by atoms with Crippen molar-refractivity contribution in [3.05, 3.63) is 71.3 Å². The Kier molecular flexibility index (Phi) is 10.1. The summed E-state index contributed by atoms with van der Waals surface area (Å²) in [6.07, 6.45) is -0.473. The van der Waals surface area contributed by atoms with Crippen LogP contribution < -0.4 is 5.32 Å². The smallest absolute Gasteiger partial charge is 0.407 e. The first kappa shape index (κ1) is 29.8. The Balaban J connectivity index is 1.96. The first-order valence-electron chi connectivity index (χ1n) is 12.5. The SMILES string of the molecule is CN(CCCO)C(O)N1N=C(c2cc(F)ccc2F)S[C@@]1(CCCNC(=O)OC(C)(C)C)c1ccccc1. The van der Waals surface area contributed by atoms with Crippen molar-refractivity contribution in [1.82, 2.24) is 15.2 Å². The van der Waals surface area contributed by atoms with Crippen molar-refractivity contribution in [2.75, 3.05) is 26.7 Å². The molecule has 0 saturated heterocycles. The third-order valence-corrected chi connectivity index (χ3v) is 7.32. The molecule has 1 unspecified atom stereocenters. The molecule has 38 heavy (non-hydrogen) atoms. The van der Waals surface area contributed by atoms with Gasteiger partial charge in [0.25, 0.3) is 0 Å². The van der Waals surface area contributed by atoms with E-state index in [1.54, 1.807) is 32.7 Å². The van der Waals surface area contributed by atoms with Gasteiger partial charge in [0.2, 0.25) is 6.35 Å². The van der Waals surface area contributed by atoms with Crippen molar-refractivity contribution >= 4 is 22.9 Å². The molecular weight excluding hydrogens is 514 g/mol. The first-order chi connectivity index (χ1) is 18.0. The molecular formula is C27H36F2N4O4S. The molecule has 2 aromatic carbocycles. The van der Waals surface area contributed by atoms with E-state index in [0.717, 1.165) is 23.8 Å². The van der Waals surface area contributed by atoms with Gasteiger partial charge >= 0.3 is 6.09 Å². The largest absolute Gasteiger partial charge is 0.444 e. The van der Waals surface area contributed by atoms with Crippen LogP contribution in [0.15, 0.2) is 53.6 Å². The number of nitrogens with one attached hydrogen (secondary N) is 1. The van der Waals surface area contributed by atoms with Gasteiger partial charge in [-0.1, -0.05) is 42.1 Å². The summed E-state index contributed by atoms with van der Waals surface area (Å²) in [4.78, 5) is 12.8. The van der Waals surface area contributed by atoms with Crippen LogP contribution in [0.25, 0.3) is 0 Å². The Morgan fingerprint density at radius 3 is 2.58 bits per heavy atom. The summed E-state index contributed by atoms with van der Waals surface area (Å²) in [5.74, 6) is -1.23. The fourth-order valence-corrected chi connectivity index (χ4v) is 5.51.